The Morgan fingerprint density at radius 2 is 1.75 bits per heavy atom. The molecule has 2 aliphatic heterocycles. The highest BCUT2D eigenvalue weighted by molar-refractivity contribution is 5.79. The van der Waals surface area contributed by atoms with E-state index in [-0.39, 0.29) is 0 Å². The summed E-state index contributed by atoms with van der Waals surface area (Å²) < 4.78 is 5.44. The first-order chi connectivity index (χ1) is 11.9. The van der Waals surface area contributed by atoms with Crippen LogP contribution in [-0.4, -0.2) is 45.1 Å². The first kappa shape index (κ1) is 14.1. The number of para-hydroxylation sites is 1. The van der Waals surface area contributed by atoms with Gasteiger partial charge in [0.1, 0.15) is 5.69 Å². The van der Waals surface area contributed by atoms with Gasteiger partial charge in [-0.15, -0.1) is 0 Å². The predicted octanol–water partition coefficient (Wildman–Crippen LogP) is 2.68. The first-order valence-corrected chi connectivity index (χ1v) is 8.58. The lowest BCUT2D eigenvalue weighted by atomic mass is 10.2. The van der Waals surface area contributed by atoms with Crippen LogP contribution in [0.25, 0.3) is 11.0 Å². The molecule has 122 valence electrons. The van der Waals surface area contributed by atoms with Gasteiger partial charge in [-0.05, 0) is 30.7 Å². The molecule has 2 fully saturated rings. The summed E-state index contributed by atoms with van der Waals surface area (Å²) in [5, 5.41) is 5.43. The number of hydrogen-bond donors (Lipinski definition) is 0. The minimum absolute atomic E-state index is 0.620. The Bertz CT molecular complexity index is 847. The number of likely N-dealkylation sites (tertiary alicyclic amines) is 2. The normalized spacial score (nSPS) is 24.2. The van der Waals surface area contributed by atoms with Crippen LogP contribution in [0.5, 0.6) is 0 Å². The Hall–Kier alpha value is -2.24. The molecule has 5 heteroatoms. The highest BCUT2D eigenvalue weighted by Gasteiger charge is 2.43. The van der Waals surface area contributed by atoms with E-state index < -0.39 is 0 Å². The molecule has 0 spiro atoms. The second kappa shape index (κ2) is 5.69. The van der Waals surface area contributed by atoms with E-state index in [4.69, 9.17) is 4.52 Å². The molecule has 0 aliphatic carbocycles. The van der Waals surface area contributed by atoms with Crippen molar-refractivity contribution in [3.8, 4) is 0 Å². The number of hydrogen-bond acceptors (Lipinski definition) is 5. The highest BCUT2D eigenvalue weighted by atomic mass is 16.5. The van der Waals surface area contributed by atoms with Gasteiger partial charge in [-0.2, -0.15) is 0 Å². The van der Waals surface area contributed by atoms with Gasteiger partial charge in [-0.1, -0.05) is 23.4 Å². The van der Waals surface area contributed by atoms with E-state index in [1.807, 2.05) is 30.5 Å². The van der Waals surface area contributed by atoms with Crippen LogP contribution in [0.4, 0.5) is 0 Å². The predicted molar refractivity (Wildman–Crippen MR) is 91.3 cm³/mol. The molecule has 0 amide bonds. The van der Waals surface area contributed by atoms with E-state index in [1.165, 1.54) is 12.1 Å². The average Bonchev–Trinajstić information content (AvgIpc) is 3.31. The molecular weight excluding hydrogens is 300 g/mol. The third kappa shape index (κ3) is 2.41. The smallest absolute Gasteiger partial charge is 0.167 e. The van der Waals surface area contributed by atoms with Crippen molar-refractivity contribution in [1.29, 1.82) is 0 Å². The van der Waals surface area contributed by atoms with E-state index in [0.29, 0.717) is 12.1 Å². The molecule has 5 nitrogen and oxygen atoms in total. The van der Waals surface area contributed by atoms with Crippen LogP contribution in [0.15, 0.2) is 53.2 Å². The lowest BCUT2D eigenvalue weighted by Crippen LogP contribution is -2.45. The molecule has 2 atom stereocenters. The second-order valence-electron chi connectivity index (χ2n) is 6.85. The van der Waals surface area contributed by atoms with Crippen molar-refractivity contribution in [3.05, 3.63) is 60.0 Å². The fraction of sp³-hybridized carbons (Fsp3) is 0.368. The van der Waals surface area contributed by atoms with E-state index in [2.05, 4.69) is 38.1 Å². The molecule has 1 aromatic carbocycles. The molecule has 0 saturated carbocycles. The van der Waals surface area contributed by atoms with Gasteiger partial charge in [0.15, 0.2) is 5.58 Å². The molecule has 0 N–H and O–H groups in total. The molecule has 2 saturated heterocycles. The summed E-state index contributed by atoms with van der Waals surface area (Å²) in [5.74, 6) is 0. The Balaban J connectivity index is 1.27. The average molecular weight is 320 g/mol. The van der Waals surface area contributed by atoms with Crippen LogP contribution in [0, 0.1) is 0 Å². The molecule has 2 aromatic heterocycles. The maximum Gasteiger partial charge on any atom is 0.167 e. The Morgan fingerprint density at radius 3 is 2.54 bits per heavy atom. The van der Waals surface area contributed by atoms with Crippen LogP contribution < -0.4 is 0 Å². The summed E-state index contributed by atoms with van der Waals surface area (Å²) in [4.78, 5) is 9.60. The number of nitrogens with zero attached hydrogens (tertiary/aromatic N) is 4. The summed E-state index contributed by atoms with van der Waals surface area (Å²) in [6.07, 6.45) is 3.13. The van der Waals surface area contributed by atoms with Crippen molar-refractivity contribution < 1.29 is 4.52 Å². The maximum absolute atomic E-state index is 5.44. The van der Waals surface area contributed by atoms with Gasteiger partial charge in [0, 0.05) is 49.8 Å². The van der Waals surface area contributed by atoms with E-state index >= 15 is 0 Å². The van der Waals surface area contributed by atoms with Crippen molar-refractivity contribution in [2.75, 3.05) is 13.1 Å². The van der Waals surface area contributed by atoms with E-state index in [1.54, 1.807) is 0 Å². The topological polar surface area (TPSA) is 45.4 Å². The third-order valence-electron chi connectivity index (χ3n) is 5.36. The van der Waals surface area contributed by atoms with Gasteiger partial charge in [0.05, 0.1) is 5.69 Å². The monoisotopic (exact) mass is 320 g/mol. The molecular formula is C19H20N4O. The molecule has 3 aromatic rings. The molecule has 5 rings (SSSR count). The Morgan fingerprint density at radius 1 is 0.958 bits per heavy atom. The molecule has 4 heterocycles. The Labute approximate surface area is 140 Å². The Kier molecular flexibility index (Phi) is 3.35. The molecule has 2 unspecified atom stereocenters. The van der Waals surface area contributed by atoms with Gasteiger partial charge in [0.25, 0.3) is 0 Å². The largest absolute Gasteiger partial charge is 0.356 e. The van der Waals surface area contributed by atoms with Crippen molar-refractivity contribution >= 4 is 11.0 Å². The minimum Gasteiger partial charge on any atom is -0.356 e. The summed E-state index contributed by atoms with van der Waals surface area (Å²) in [6, 6.07) is 15.5. The number of piperazine rings is 1. The zero-order valence-corrected chi connectivity index (χ0v) is 13.5. The second-order valence-corrected chi connectivity index (χ2v) is 6.85. The summed E-state index contributed by atoms with van der Waals surface area (Å²) in [5.41, 5.74) is 3.11. The third-order valence-corrected chi connectivity index (χ3v) is 5.36. The van der Waals surface area contributed by atoms with Gasteiger partial charge >= 0.3 is 0 Å². The molecule has 0 radical (unpaired) electrons. The minimum atomic E-state index is 0.620. The quantitative estimate of drug-likeness (QED) is 0.739. The molecule has 2 aliphatic rings. The zero-order valence-electron chi connectivity index (χ0n) is 13.5. The first-order valence-electron chi connectivity index (χ1n) is 8.58. The van der Waals surface area contributed by atoms with Crippen LogP contribution >= 0.6 is 0 Å². The lowest BCUT2D eigenvalue weighted by Gasteiger charge is -2.33. The fourth-order valence-electron chi connectivity index (χ4n) is 4.16. The standard InChI is InChI=1S/C19H20N4O/c1-2-7-19-17(6-1)18(21-24-19)13-23-12-15-9-16(23)11-22(15)10-14-5-3-4-8-20-14/h1-8,15-16H,9-13H2. The number of fused-ring (bicyclic) bond motifs is 3. The van der Waals surface area contributed by atoms with Gasteiger partial charge in [-0.3, -0.25) is 14.8 Å². The van der Waals surface area contributed by atoms with Crippen LogP contribution in [0.1, 0.15) is 17.8 Å². The number of benzene rings is 1. The highest BCUT2D eigenvalue weighted by Crippen LogP contribution is 2.33. The van der Waals surface area contributed by atoms with Crippen molar-refractivity contribution in [2.45, 2.75) is 31.6 Å². The maximum atomic E-state index is 5.44. The lowest BCUT2D eigenvalue weighted by molar-refractivity contribution is 0.115. The van der Waals surface area contributed by atoms with Crippen molar-refractivity contribution in [1.82, 2.24) is 19.9 Å². The number of aromatic nitrogens is 2. The number of rotatable bonds is 4. The van der Waals surface area contributed by atoms with Crippen LogP contribution in [-0.2, 0) is 13.1 Å². The summed E-state index contributed by atoms with van der Waals surface area (Å²) in [6.45, 7) is 4.08. The molecule has 2 bridgehead atoms. The van der Waals surface area contributed by atoms with Gasteiger partial charge < -0.3 is 4.52 Å². The summed E-state index contributed by atoms with van der Waals surface area (Å²) in [7, 11) is 0. The number of pyridine rings is 1. The van der Waals surface area contributed by atoms with Crippen molar-refractivity contribution in [3.63, 3.8) is 0 Å². The van der Waals surface area contributed by atoms with Crippen LogP contribution in [0.2, 0.25) is 0 Å². The molecule has 24 heavy (non-hydrogen) atoms. The van der Waals surface area contributed by atoms with Crippen molar-refractivity contribution in [2.24, 2.45) is 0 Å². The zero-order chi connectivity index (χ0) is 15.9. The SMILES string of the molecule is c1ccc(CN2CC3CC2CN3Cc2noc3ccccc23)nc1. The van der Waals surface area contributed by atoms with Crippen LogP contribution in [0.3, 0.4) is 0 Å². The fourth-order valence-corrected chi connectivity index (χ4v) is 4.16. The van der Waals surface area contributed by atoms with Gasteiger partial charge in [-0.25, -0.2) is 0 Å². The van der Waals surface area contributed by atoms with Gasteiger partial charge in [0.2, 0.25) is 0 Å². The van der Waals surface area contributed by atoms with E-state index in [9.17, 15) is 0 Å². The summed E-state index contributed by atoms with van der Waals surface area (Å²) >= 11 is 0. The van der Waals surface area contributed by atoms with E-state index in [0.717, 1.165) is 42.8 Å².